The van der Waals surface area contributed by atoms with Gasteiger partial charge >= 0.3 is 0 Å². The molecule has 0 atom stereocenters. The van der Waals surface area contributed by atoms with Crippen LogP contribution < -0.4 is 10.5 Å². The number of hydrogen-bond acceptors (Lipinski definition) is 3. The Morgan fingerprint density at radius 3 is 2.93 bits per heavy atom. The van der Waals surface area contributed by atoms with Crippen LogP contribution in [0.4, 0.5) is 0 Å². The minimum absolute atomic E-state index is 0.354. The Labute approximate surface area is 94.4 Å². The highest BCUT2D eigenvalue weighted by molar-refractivity contribution is 6.31. The maximum Gasteiger partial charge on any atom is 0.125 e. The van der Waals surface area contributed by atoms with Crippen molar-refractivity contribution < 1.29 is 4.74 Å². The van der Waals surface area contributed by atoms with Crippen molar-refractivity contribution in [3.63, 3.8) is 0 Å². The molecule has 0 bridgehead atoms. The average molecular weight is 225 g/mol. The number of unbranched alkanes of at least 4 members (excludes halogenated alkanes) is 1. The fourth-order valence-electron chi connectivity index (χ4n) is 1.21. The van der Waals surface area contributed by atoms with Crippen molar-refractivity contribution in [1.29, 1.82) is 5.26 Å². The van der Waals surface area contributed by atoms with Crippen LogP contribution in [0.5, 0.6) is 5.75 Å². The third kappa shape index (κ3) is 3.43. The maximum atomic E-state index is 8.36. The van der Waals surface area contributed by atoms with Crippen LogP contribution in [-0.2, 0) is 6.54 Å². The van der Waals surface area contributed by atoms with Crippen molar-refractivity contribution in [2.75, 3.05) is 6.61 Å². The summed E-state index contributed by atoms with van der Waals surface area (Å²) in [5.41, 5.74) is 6.38. The number of ether oxygens (including phenoxy) is 1. The van der Waals surface area contributed by atoms with Gasteiger partial charge in [0.1, 0.15) is 5.75 Å². The summed E-state index contributed by atoms with van der Waals surface area (Å²) in [4.78, 5) is 0. The van der Waals surface area contributed by atoms with Crippen molar-refractivity contribution in [3.05, 3.63) is 28.8 Å². The normalized spacial score (nSPS) is 9.67. The lowest BCUT2D eigenvalue weighted by molar-refractivity contribution is 0.309. The third-order valence-corrected chi connectivity index (χ3v) is 2.32. The van der Waals surface area contributed by atoms with E-state index in [0.717, 1.165) is 5.56 Å². The molecule has 0 aromatic heterocycles. The monoisotopic (exact) mass is 224 g/mol. The zero-order chi connectivity index (χ0) is 11.1. The van der Waals surface area contributed by atoms with Gasteiger partial charge in [-0.25, -0.2) is 0 Å². The Morgan fingerprint density at radius 1 is 1.47 bits per heavy atom. The maximum absolute atomic E-state index is 8.36. The van der Waals surface area contributed by atoms with E-state index in [0.29, 0.717) is 36.8 Å². The molecule has 0 amide bonds. The van der Waals surface area contributed by atoms with Crippen LogP contribution in [-0.4, -0.2) is 6.61 Å². The van der Waals surface area contributed by atoms with Crippen LogP contribution in [0.15, 0.2) is 18.2 Å². The largest absolute Gasteiger partial charge is 0.493 e. The first-order chi connectivity index (χ1) is 7.29. The van der Waals surface area contributed by atoms with E-state index in [1.165, 1.54) is 0 Å². The lowest BCUT2D eigenvalue weighted by Crippen LogP contribution is -2.04. The second kappa shape index (κ2) is 6.28. The van der Waals surface area contributed by atoms with E-state index in [9.17, 15) is 0 Å². The van der Waals surface area contributed by atoms with Crippen molar-refractivity contribution >= 4 is 11.6 Å². The van der Waals surface area contributed by atoms with Crippen LogP contribution in [0.3, 0.4) is 0 Å². The highest BCUT2D eigenvalue weighted by Crippen LogP contribution is 2.25. The van der Waals surface area contributed by atoms with Crippen molar-refractivity contribution in [2.24, 2.45) is 5.73 Å². The van der Waals surface area contributed by atoms with E-state index >= 15 is 0 Å². The van der Waals surface area contributed by atoms with Gasteiger partial charge in [-0.3, -0.25) is 0 Å². The molecule has 0 saturated heterocycles. The van der Waals surface area contributed by atoms with Gasteiger partial charge in [0, 0.05) is 23.6 Å². The van der Waals surface area contributed by atoms with E-state index < -0.39 is 0 Å². The minimum Gasteiger partial charge on any atom is -0.493 e. The van der Waals surface area contributed by atoms with Gasteiger partial charge in [0.25, 0.3) is 0 Å². The summed E-state index contributed by atoms with van der Waals surface area (Å²) >= 11 is 5.96. The molecule has 80 valence electrons. The summed E-state index contributed by atoms with van der Waals surface area (Å²) in [7, 11) is 0. The van der Waals surface area contributed by atoms with Gasteiger partial charge in [-0.2, -0.15) is 5.26 Å². The molecule has 0 fully saturated rings. The Balaban J connectivity index is 2.60. The number of hydrogen-bond donors (Lipinski definition) is 1. The standard InChI is InChI=1S/C11H13ClN2O/c12-10-4-3-5-11(9(10)8-14)15-7-2-1-6-13/h3-5H,1-2,7-8,14H2. The molecule has 0 aliphatic rings. The van der Waals surface area contributed by atoms with E-state index in [2.05, 4.69) is 6.07 Å². The zero-order valence-electron chi connectivity index (χ0n) is 8.37. The molecule has 4 heteroatoms. The second-order valence-electron chi connectivity index (χ2n) is 3.03. The van der Waals surface area contributed by atoms with Crippen LogP contribution in [0, 0.1) is 11.3 Å². The Bertz CT molecular complexity index is 360. The van der Waals surface area contributed by atoms with E-state index in [1.54, 1.807) is 6.07 Å². The lowest BCUT2D eigenvalue weighted by Gasteiger charge is -2.10. The first-order valence-corrected chi connectivity index (χ1v) is 5.14. The van der Waals surface area contributed by atoms with Gasteiger partial charge in [0.2, 0.25) is 0 Å². The molecule has 0 radical (unpaired) electrons. The van der Waals surface area contributed by atoms with Crippen LogP contribution in [0.2, 0.25) is 5.02 Å². The number of halogens is 1. The molecular formula is C11H13ClN2O. The SMILES string of the molecule is N#CCCCOc1cccc(Cl)c1CN. The summed E-state index contributed by atoms with van der Waals surface area (Å²) < 4.78 is 5.50. The van der Waals surface area contributed by atoms with Crippen LogP contribution >= 0.6 is 11.6 Å². The van der Waals surface area contributed by atoms with Gasteiger partial charge < -0.3 is 10.5 Å². The molecule has 1 aromatic rings. The molecule has 1 aromatic carbocycles. The highest BCUT2D eigenvalue weighted by atomic mass is 35.5. The van der Waals surface area contributed by atoms with Crippen LogP contribution in [0.1, 0.15) is 18.4 Å². The van der Waals surface area contributed by atoms with Crippen LogP contribution in [0.25, 0.3) is 0 Å². The number of nitrogens with two attached hydrogens (primary N) is 1. The Kier molecular flexibility index (Phi) is 4.96. The van der Waals surface area contributed by atoms with Gasteiger partial charge in [0.15, 0.2) is 0 Å². The van der Waals surface area contributed by atoms with Crippen molar-refractivity contribution in [1.82, 2.24) is 0 Å². The summed E-state index contributed by atoms with van der Waals surface area (Å²) in [5.74, 6) is 0.711. The molecule has 0 saturated carbocycles. The zero-order valence-corrected chi connectivity index (χ0v) is 9.13. The van der Waals surface area contributed by atoms with E-state index in [1.807, 2.05) is 12.1 Å². The van der Waals surface area contributed by atoms with Gasteiger partial charge in [-0.05, 0) is 18.6 Å². The fraction of sp³-hybridized carbons (Fsp3) is 0.364. The van der Waals surface area contributed by atoms with E-state index in [4.69, 9.17) is 27.3 Å². The molecule has 0 heterocycles. The molecular weight excluding hydrogens is 212 g/mol. The first-order valence-electron chi connectivity index (χ1n) is 4.76. The Morgan fingerprint density at radius 2 is 2.27 bits per heavy atom. The van der Waals surface area contributed by atoms with Crippen molar-refractivity contribution in [3.8, 4) is 11.8 Å². The summed E-state index contributed by atoms with van der Waals surface area (Å²) in [5, 5.41) is 8.98. The smallest absolute Gasteiger partial charge is 0.125 e. The number of nitriles is 1. The highest BCUT2D eigenvalue weighted by Gasteiger charge is 2.05. The number of nitrogens with zero attached hydrogens (tertiary/aromatic N) is 1. The predicted octanol–water partition coefficient (Wildman–Crippen LogP) is 2.48. The summed E-state index contributed by atoms with van der Waals surface area (Å²) in [6, 6.07) is 7.50. The molecule has 0 unspecified atom stereocenters. The molecule has 3 nitrogen and oxygen atoms in total. The third-order valence-electron chi connectivity index (χ3n) is 1.97. The molecule has 0 spiro atoms. The molecule has 1 rings (SSSR count). The molecule has 15 heavy (non-hydrogen) atoms. The predicted molar refractivity (Wildman–Crippen MR) is 59.7 cm³/mol. The van der Waals surface area contributed by atoms with Crippen molar-refractivity contribution in [2.45, 2.75) is 19.4 Å². The fourth-order valence-corrected chi connectivity index (χ4v) is 1.45. The Hall–Kier alpha value is -1.24. The summed E-state index contributed by atoms with van der Waals surface area (Å²) in [6.07, 6.45) is 1.21. The van der Waals surface area contributed by atoms with Gasteiger partial charge in [0.05, 0.1) is 12.7 Å². The minimum atomic E-state index is 0.354. The second-order valence-corrected chi connectivity index (χ2v) is 3.44. The van der Waals surface area contributed by atoms with Gasteiger partial charge in [-0.1, -0.05) is 17.7 Å². The molecule has 2 N–H and O–H groups in total. The first kappa shape index (κ1) is 11.8. The molecule has 0 aliphatic carbocycles. The van der Waals surface area contributed by atoms with Gasteiger partial charge in [-0.15, -0.1) is 0 Å². The molecule has 0 aliphatic heterocycles. The lowest BCUT2D eigenvalue weighted by atomic mass is 10.2. The summed E-state index contributed by atoms with van der Waals surface area (Å²) in [6.45, 7) is 0.869. The number of rotatable bonds is 5. The quantitative estimate of drug-likeness (QED) is 0.782. The topological polar surface area (TPSA) is 59.0 Å². The average Bonchev–Trinajstić information content (AvgIpc) is 2.24. The van der Waals surface area contributed by atoms with E-state index in [-0.39, 0.29) is 0 Å². The number of benzene rings is 1.